The highest BCUT2D eigenvalue weighted by Gasteiger charge is 2.56. The Bertz CT molecular complexity index is 390. The Labute approximate surface area is 108 Å². The van der Waals surface area contributed by atoms with E-state index >= 15 is 0 Å². The van der Waals surface area contributed by atoms with Crippen LogP contribution in [-0.2, 0) is 25.1 Å². The van der Waals surface area contributed by atoms with Gasteiger partial charge < -0.3 is 9.64 Å². The van der Waals surface area contributed by atoms with Crippen molar-refractivity contribution >= 4 is 23.2 Å². The van der Waals surface area contributed by atoms with Crippen LogP contribution in [0.2, 0.25) is 0 Å². The number of amides is 1. The summed E-state index contributed by atoms with van der Waals surface area (Å²) >= 11 is 0. The molecule has 6 heteroatoms. The van der Waals surface area contributed by atoms with Gasteiger partial charge in [0.15, 0.2) is 0 Å². The van der Waals surface area contributed by atoms with Crippen LogP contribution >= 0.6 is 0 Å². The molecule has 3 unspecified atom stereocenters. The van der Waals surface area contributed by atoms with Crippen LogP contribution in [0.4, 0.5) is 0 Å². The molecule has 0 radical (unpaired) electrons. The van der Waals surface area contributed by atoms with Crippen molar-refractivity contribution in [3.05, 3.63) is 0 Å². The average molecular weight is 271 g/mol. The molecule has 3 heterocycles. The molecule has 2 bridgehead atoms. The summed E-state index contributed by atoms with van der Waals surface area (Å²) in [5, 5.41) is 0. The lowest BCUT2D eigenvalue weighted by Crippen LogP contribution is -2.45. The third kappa shape index (κ3) is 1.96. The van der Waals surface area contributed by atoms with Gasteiger partial charge in [-0.15, -0.1) is 0 Å². The van der Waals surface area contributed by atoms with Crippen LogP contribution in [0.25, 0.3) is 0 Å². The van der Waals surface area contributed by atoms with Gasteiger partial charge in [-0.2, -0.15) is 0 Å². The number of ether oxygens (including phenoxy) is 1. The van der Waals surface area contributed by atoms with Gasteiger partial charge in [0.05, 0.1) is 5.92 Å². The fourth-order valence-corrected chi connectivity index (χ4v) is 4.52. The second-order valence-corrected chi connectivity index (χ2v) is 7.07. The van der Waals surface area contributed by atoms with Crippen molar-refractivity contribution in [1.82, 2.24) is 4.90 Å². The molecule has 18 heavy (non-hydrogen) atoms. The Morgan fingerprint density at radius 3 is 2.67 bits per heavy atom. The van der Waals surface area contributed by atoms with E-state index in [1.54, 1.807) is 4.90 Å². The van der Waals surface area contributed by atoms with Crippen LogP contribution in [0, 0.1) is 11.8 Å². The van der Waals surface area contributed by atoms with Crippen LogP contribution in [0.15, 0.2) is 0 Å². The van der Waals surface area contributed by atoms with E-state index in [4.69, 9.17) is 4.74 Å². The first-order valence-corrected chi connectivity index (χ1v) is 7.94. The van der Waals surface area contributed by atoms with Crippen LogP contribution in [-0.4, -0.2) is 51.7 Å². The standard InChI is InChI=1S/C12H17NO4S/c14-7-13-6-8-5-10(13)11(8)12(15)17-9-1-3-18(16)4-2-9/h7-11H,1-6H2. The minimum atomic E-state index is -0.729. The normalized spacial score (nSPS) is 42.2. The Hall–Kier alpha value is -0.910. The monoisotopic (exact) mass is 271 g/mol. The van der Waals surface area contributed by atoms with E-state index in [1.807, 2.05) is 0 Å². The minimum absolute atomic E-state index is 0.0673. The predicted octanol–water partition coefficient (Wildman–Crippen LogP) is -0.0826. The first-order valence-electron chi connectivity index (χ1n) is 6.45. The summed E-state index contributed by atoms with van der Waals surface area (Å²) in [4.78, 5) is 24.5. The molecule has 4 rings (SSSR count). The molecule has 0 aromatic heterocycles. The third-order valence-corrected chi connectivity index (χ3v) is 5.75. The van der Waals surface area contributed by atoms with Crippen molar-refractivity contribution in [2.24, 2.45) is 11.8 Å². The maximum Gasteiger partial charge on any atom is 0.311 e. The summed E-state index contributed by atoms with van der Waals surface area (Å²) < 4.78 is 16.7. The van der Waals surface area contributed by atoms with E-state index in [0.717, 1.165) is 12.8 Å². The highest BCUT2D eigenvalue weighted by Crippen LogP contribution is 2.46. The smallest absolute Gasteiger partial charge is 0.311 e. The van der Waals surface area contributed by atoms with Gasteiger partial charge in [0.25, 0.3) is 0 Å². The van der Waals surface area contributed by atoms with Crippen LogP contribution in [0.5, 0.6) is 0 Å². The maximum absolute atomic E-state index is 12.1. The van der Waals surface area contributed by atoms with Gasteiger partial charge in [-0.05, 0) is 25.2 Å². The summed E-state index contributed by atoms with van der Waals surface area (Å²) in [6, 6.07) is 0.0673. The molecule has 4 fully saturated rings. The van der Waals surface area contributed by atoms with Crippen molar-refractivity contribution in [1.29, 1.82) is 0 Å². The van der Waals surface area contributed by atoms with Gasteiger partial charge in [-0.25, -0.2) is 0 Å². The molecular weight excluding hydrogens is 254 g/mol. The fraction of sp³-hybridized carbons (Fsp3) is 0.833. The molecule has 0 aromatic carbocycles. The first-order chi connectivity index (χ1) is 8.69. The Balaban J connectivity index is 1.54. The van der Waals surface area contributed by atoms with Crippen LogP contribution < -0.4 is 0 Å². The van der Waals surface area contributed by atoms with Crippen LogP contribution in [0.3, 0.4) is 0 Å². The molecule has 1 saturated carbocycles. The number of carbonyl (C=O) groups is 2. The molecule has 1 amide bonds. The molecule has 100 valence electrons. The van der Waals surface area contributed by atoms with E-state index < -0.39 is 10.8 Å². The second-order valence-electron chi connectivity index (χ2n) is 5.38. The largest absolute Gasteiger partial charge is 0.462 e. The van der Waals surface area contributed by atoms with Gasteiger partial charge in [0.2, 0.25) is 6.41 Å². The molecular formula is C12H17NO4S. The zero-order valence-corrected chi connectivity index (χ0v) is 10.9. The number of hydrogen-bond donors (Lipinski definition) is 0. The SMILES string of the molecule is O=CN1CC2CC1C2C(=O)OC1CCS(=O)CC1. The molecule has 0 N–H and O–H groups in total. The topological polar surface area (TPSA) is 63.7 Å². The summed E-state index contributed by atoms with van der Waals surface area (Å²) in [5.74, 6) is 1.30. The van der Waals surface area contributed by atoms with E-state index in [1.165, 1.54) is 0 Å². The molecule has 0 aromatic rings. The molecule has 1 aliphatic carbocycles. The Morgan fingerprint density at radius 2 is 2.06 bits per heavy atom. The quantitative estimate of drug-likeness (QED) is 0.532. The Morgan fingerprint density at radius 1 is 1.33 bits per heavy atom. The fourth-order valence-electron chi connectivity index (χ4n) is 3.26. The lowest BCUT2D eigenvalue weighted by Gasteiger charge is -2.35. The molecule has 3 aliphatic heterocycles. The van der Waals surface area contributed by atoms with Gasteiger partial charge in [0, 0.05) is 34.9 Å². The summed E-state index contributed by atoms with van der Waals surface area (Å²) in [6.07, 6.45) is 3.12. The van der Waals surface area contributed by atoms with Crippen molar-refractivity contribution < 1.29 is 18.5 Å². The number of rotatable bonds is 3. The number of nitrogens with zero attached hydrogens (tertiary/aromatic N) is 1. The lowest BCUT2D eigenvalue weighted by atomic mass is 9.74. The Kier molecular flexibility index (Phi) is 3.13. The second kappa shape index (κ2) is 4.64. The third-order valence-electron chi connectivity index (χ3n) is 4.36. The zero-order chi connectivity index (χ0) is 12.7. The lowest BCUT2D eigenvalue weighted by molar-refractivity contribution is -0.160. The van der Waals surface area contributed by atoms with Crippen molar-refractivity contribution in [3.63, 3.8) is 0 Å². The average Bonchev–Trinajstić information content (AvgIpc) is 2.90. The number of fused-ring (bicyclic) bond motifs is 1. The van der Waals surface area contributed by atoms with E-state index in [2.05, 4.69) is 0 Å². The molecule has 3 atom stereocenters. The van der Waals surface area contributed by atoms with Gasteiger partial charge in [-0.1, -0.05) is 0 Å². The predicted molar refractivity (Wildman–Crippen MR) is 65.1 cm³/mol. The van der Waals surface area contributed by atoms with Gasteiger partial charge in [-0.3, -0.25) is 13.8 Å². The van der Waals surface area contributed by atoms with Crippen molar-refractivity contribution in [2.75, 3.05) is 18.1 Å². The van der Waals surface area contributed by atoms with E-state index in [9.17, 15) is 13.8 Å². The maximum atomic E-state index is 12.1. The summed E-state index contributed by atoms with van der Waals surface area (Å²) in [6.45, 7) is 0.697. The van der Waals surface area contributed by atoms with Crippen LogP contribution in [0.1, 0.15) is 19.3 Å². The summed E-state index contributed by atoms with van der Waals surface area (Å²) in [5.41, 5.74) is 0. The highest BCUT2D eigenvalue weighted by molar-refractivity contribution is 7.85. The molecule has 3 saturated heterocycles. The van der Waals surface area contributed by atoms with Crippen molar-refractivity contribution in [2.45, 2.75) is 31.4 Å². The van der Waals surface area contributed by atoms with Gasteiger partial charge >= 0.3 is 5.97 Å². The molecule has 4 aliphatic rings. The number of esters is 1. The highest BCUT2D eigenvalue weighted by atomic mass is 32.2. The number of carbonyl (C=O) groups excluding carboxylic acids is 2. The zero-order valence-electron chi connectivity index (χ0n) is 10.1. The molecule has 5 nitrogen and oxygen atoms in total. The minimum Gasteiger partial charge on any atom is -0.462 e. The first kappa shape index (κ1) is 12.1. The van der Waals surface area contributed by atoms with E-state index in [0.29, 0.717) is 36.8 Å². The number of hydrogen-bond acceptors (Lipinski definition) is 4. The van der Waals surface area contributed by atoms with E-state index in [-0.39, 0.29) is 24.0 Å². The van der Waals surface area contributed by atoms with Crippen molar-refractivity contribution in [3.8, 4) is 0 Å². The summed E-state index contributed by atoms with van der Waals surface area (Å²) in [7, 11) is -0.729. The van der Waals surface area contributed by atoms with Gasteiger partial charge in [0.1, 0.15) is 6.10 Å². The molecule has 0 spiro atoms.